The van der Waals surface area contributed by atoms with Gasteiger partial charge in [0.15, 0.2) is 0 Å². The van der Waals surface area contributed by atoms with Crippen molar-refractivity contribution >= 4 is 24.7 Å². The van der Waals surface area contributed by atoms with Crippen molar-refractivity contribution in [3.05, 3.63) is 65.7 Å². The second kappa shape index (κ2) is 14.8. The van der Waals surface area contributed by atoms with Crippen LogP contribution in [0.5, 0.6) is 0 Å². The molecule has 32 heavy (non-hydrogen) atoms. The first kappa shape index (κ1) is 27.9. The number of amidine groups is 1. The molecule has 0 bridgehead atoms. The first-order valence-corrected chi connectivity index (χ1v) is 12.1. The van der Waals surface area contributed by atoms with E-state index in [1.807, 2.05) is 50.8 Å². The second-order valence-corrected chi connectivity index (χ2v) is 10.1. The van der Waals surface area contributed by atoms with Crippen molar-refractivity contribution in [3.63, 3.8) is 0 Å². The molecule has 1 unspecified atom stereocenters. The minimum Gasteiger partial charge on any atom is -0.372 e. The summed E-state index contributed by atoms with van der Waals surface area (Å²) >= 11 is 4.59. The van der Waals surface area contributed by atoms with E-state index in [0.29, 0.717) is 5.92 Å². The Morgan fingerprint density at radius 1 is 1.28 bits per heavy atom. The zero-order valence-electron chi connectivity index (χ0n) is 20.9. The monoisotopic (exact) mass is 454 g/mol. The lowest BCUT2D eigenvalue weighted by Gasteiger charge is -2.21. The average molecular weight is 455 g/mol. The highest BCUT2D eigenvalue weighted by atomic mass is 32.1. The Labute approximate surface area is 201 Å². The van der Waals surface area contributed by atoms with Crippen molar-refractivity contribution in [2.45, 2.75) is 72.0 Å². The third-order valence-corrected chi connectivity index (χ3v) is 5.24. The average Bonchev–Trinajstić information content (AvgIpc) is 2.75. The predicted octanol–water partition coefficient (Wildman–Crippen LogP) is 6.62. The van der Waals surface area contributed by atoms with E-state index in [9.17, 15) is 0 Å². The first-order valence-electron chi connectivity index (χ1n) is 11.7. The van der Waals surface area contributed by atoms with E-state index in [0.717, 1.165) is 42.9 Å². The molecule has 0 fully saturated rings. The number of rotatable bonds is 13. The zero-order chi connectivity index (χ0) is 24.0. The molecule has 0 radical (unpaired) electrons. The molecule has 4 nitrogen and oxygen atoms in total. The highest BCUT2D eigenvalue weighted by molar-refractivity contribution is 7.81. The second-order valence-electron chi connectivity index (χ2n) is 8.87. The fourth-order valence-corrected chi connectivity index (χ4v) is 3.26. The molecule has 0 spiro atoms. The molecule has 1 N–H and O–H groups in total. The van der Waals surface area contributed by atoms with Crippen LogP contribution < -0.4 is 5.32 Å². The van der Waals surface area contributed by atoms with Gasteiger partial charge in [-0.3, -0.25) is 9.98 Å². The highest BCUT2D eigenvalue weighted by Gasteiger charge is 2.16. The van der Waals surface area contributed by atoms with E-state index in [2.05, 4.69) is 68.3 Å². The van der Waals surface area contributed by atoms with Gasteiger partial charge in [0.2, 0.25) is 0 Å². The Balaban J connectivity index is 3.31. The minimum atomic E-state index is -0.0990. The summed E-state index contributed by atoms with van der Waals surface area (Å²) in [5.74, 6) is 1.25. The number of nitrogens with one attached hydrogen (secondary N) is 1. The lowest BCUT2D eigenvalue weighted by Crippen LogP contribution is -2.33. The normalized spacial score (nSPS) is 14.7. The van der Waals surface area contributed by atoms with Gasteiger partial charge in [0, 0.05) is 42.6 Å². The molecular formula is C27H42N4S. The van der Waals surface area contributed by atoms with Crippen LogP contribution in [0.15, 0.2) is 70.1 Å². The molecule has 1 aromatic rings. The van der Waals surface area contributed by atoms with Gasteiger partial charge < -0.3 is 5.32 Å². The van der Waals surface area contributed by atoms with Crippen molar-refractivity contribution in [1.82, 2.24) is 10.3 Å². The van der Waals surface area contributed by atoms with Crippen LogP contribution in [0.25, 0.3) is 0 Å². The molecule has 176 valence electrons. The van der Waals surface area contributed by atoms with Crippen molar-refractivity contribution < 1.29 is 0 Å². The minimum absolute atomic E-state index is 0.0990. The van der Waals surface area contributed by atoms with Gasteiger partial charge in [0.25, 0.3) is 0 Å². The van der Waals surface area contributed by atoms with Crippen molar-refractivity contribution in [3.8, 4) is 0 Å². The van der Waals surface area contributed by atoms with E-state index in [4.69, 9.17) is 4.99 Å². The summed E-state index contributed by atoms with van der Waals surface area (Å²) in [5, 5.41) is 3.37. The lowest BCUT2D eigenvalue weighted by molar-refractivity contribution is 0.576. The van der Waals surface area contributed by atoms with Crippen LogP contribution in [0.3, 0.4) is 0 Å². The number of aromatic nitrogens is 1. The summed E-state index contributed by atoms with van der Waals surface area (Å²) in [7, 11) is 0. The van der Waals surface area contributed by atoms with E-state index >= 15 is 0 Å². The molecular weight excluding hydrogens is 412 g/mol. The Morgan fingerprint density at radius 3 is 2.56 bits per heavy atom. The number of aliphatic imine (C=N–C) groups is 2. The first-order chi connectivity index (χ1) is 15.2. The standard InChI is InChI=1S/C27H42N4S/c1-8-10-11-21(3)26(19-30-23(5)31-20-27(6,7)32)25(14-17-28-9-2)22(4)18-24-12-15-29-16-13-24/h12-17,19,21,32H,4,8-11,18,20H2,1-3,5-7H3,(H,30,31)/b25-14+,26-19+,28-17-. The number of allylic oxidation sites excluding steroid dienone is 4. The van der Waals surface area contributed by atoms with E-state index in [1.54, 1.807) is 0 Å². The van der Waals surface area contributed by atoms with Crippen LogP contribution in [-0.4, -0.2) is 34.9 Å². The molecule has 1 atom stereocenters. The molecule has 0 aliphatic rings. The molecule has 0 aromatic carbocycles. The molecule has 1 rings (SSSR count). The fraction of sp³-hybridized carbons (Fsp3) is 0.519. The molecule has 0 aliphatic carbocycles. The molecule has 5 heteroatoms. The Bertz CT molecular complexity index is 814. The molecule has 1 aromatic heterocycles. The van der Waals surface area contributed by atoms with E-state index in [1.165, 1.54) is 24.0 Å². The fourth-order valence-electron chi connectivity index (χ4n) is 3.18. The molecule has 0 amide bonds. The summed E-state index contributed by atoms with van der Waals surface area (Å²) in [6, 6.07) is 4.08. The SMILES string of the molecule is C=C(Cc1ccncc1)C(=C\C=N/CC)/C(=C/N=C(\C)NCC(C)(C)S)C(C)CCCC. The Morgan fingerprint density at radius 2 is 1.97 bits per heavy atom. The maximum absolute atomic E-state index is 4.77. The van der Waals surface area contributed by atoms with Gasteiger partial charge in [-0.1, -0.05) is 33.3 Å². The van der Waals surface area contributed by atoms with Crippen molar-refractivity contribution in [2.24, 2.45) is 15.9 Å². The summed E-state index contributed by atoms with van der Waals surface area (Å²) < 4.78 is -0.0990. The maximum Gasteiger partial charge on any atom is 0.0984 e. The molecule has 0 saturated carbocycles. The summed E-state index contributed by atoms with van der Waals surface area (Å²) in [5.41, 5.74) is 4.58. The number of nitrogens with zero attached hydrogens (tertiary/aromatic N) is 3. The van der Waals surface area contributed by atoms with E-state index < -0.39 is 0 Å². The summed E-state index contributed by atoms with van der Waals surface area (Å²) in [6.07, 6.45) is 13.9. The number of thiol groups is 1. The quantitative estimate of drug-likeness (QED) is 0.152. The number of pyridine rings is 1. The van der Waals surface area contributed by atoms with Crippen molar-refractivity contribution in [1.29, 1.82) is 0 Å². The summed E-state index contributed by atoms with van der Waals surface area (Å²) in [6.45, 7) is 18.7. The highest BCUT2D eigenvalue weighted by Crippen LogP contribution is 2.30. The summed E-state index contributed by atoms with van der Waals surface area (Å²) in [4.78, 5) is 13.3. The van der Waals surface area contributed by atoms with Crippen LogP contribution in [0.2, 0.25) is 0 Å². The molecule has 0 saturated heterocycles. The lowest BCUT2D eigenvalue weighted by atomic mass is 9.85. The van der Waals surface area contributed by atoms with Crippen molar-refractivity contribution in [2.75, 3.05) is 13.1 Å². The Kier molecular flexibility index (Phi) is 12.9. The number of hydrogen-bond acceptors (Lipinski definition) is 4. The third kappa shape index (κ3) is 11.5. The van der Waals surface area contributed by atoms with Gasteiger partial charge in [0.05, 0.1) is 5.84 Å². The van der Waals surface area contributed by atoms with Crippen LogP contribution in [0, 0.1) is 5.92 Å². The van der Waals surface area contributed by atoms with Gasteiger partial charge in [-0.15, -0.1) is 0 Å². The van der Waals surface area contributed by atoms with Gasteiger partial charge in [-0.05, 0) is 86.9 Å². The largest absolute Gasteiger partial charge is 0.372 e. The third-order valence-electron chi connectivity index (χ3n) is 5.08. The topological polar surface area (TPSA) is 49.6 Å². The van der Waals surface area contributed by atoms with Gasteiger partial charge in [-0.2, -0.15) is 12.6 Å². The molecule has 1 heterocycles. The smallest absolute Gasteiger partial charge is 0.0984 e. The Hall–Kier alpha value is -2.14. The van der Waals surface area contributed by atoms with Crippen LogP contribution >= 0.6 is 12.6 Å². The van der Waals surface area contributed by atoms with Gasteiger partial charge >= 0.3 is 0 Å². The van der Waals surface area contributed by atoms with Crippen LogP contribution in [-0.2, 0) is 6.42 Å². The van der Waals surface area contributed by atoms with Gasteiger partial charge in [0.1, 0.15) is 0 Å². The van der Waals surface area contributed by atoms with Gasteiger partial charge in [-0.25, -0.2) is 4.99 Å². The maximum atomic E-state index is 4.77. The predicted molar refractivity (Wildman–Crippen MR) is 145 cm³/mol. The molecule has 0 aliphatic heterocycles. The number of unbranched alkanes of at least 4 members (excludes halogenated alkanes) is 1. The van der Waals surface area contributed by atoms with Crippen LogP contribution in [0.1, 0.15) is 66.4 Å². The number of hydrogen-bond donors (Lipinski definition) is 2. The zero-order valence-corrected chi connectivity index (χ0v) is 21.8. The van der Waals surface area contributed by atoms with Crippen LogP contribution in [0.4, 0.5) is 0 Å². The van der Waals surface area contributed by atoms with E-state index in [-0.39, 0.29) is 4.75 Å².